The molecule has 0 aromatic rings. The van der Waals surface area contributed by atoms with Crippen molar-refractivity contribution in [2.75, 3.05) is 6.61 Å². The molecule has 5 atom stereocenters. The SMILES string of the molecule is CC(C)(C)OC1C(=O)NC(=O)N(C2C[C@H](O)[C@@H](CO)O2)C1N([O])C(C)(C)C. The molecule has 27 heavy (non-hydrogen) atoms. The van der Waals surface area contributed by atoms with Crippen molar-refractivity contribution >= 4 is 11.9 Å². The molecular formula is C17H30N3O7. The summed E-state index contributed by atoms with van der Waals surface area (Å²) in [5.41, 5.74) is -1.69. The van der Waals surface area contributed by atoms with Crippen molar-refractivity contribution in [1.82, 2.24) is 15.3 Å². The number of urea groups is 1. The first-order valence-corrected chi connectivity index (χ1v) is 8.98. The van der Waals surface area contributed by atoms with Crippen LogP contribution in [0.25, 0.3) is 0 Å². The van der Waals surface area contributed by atoms with Crippen molar-refractivity contribution in [2.45, 2.75) is 89.8 Å². The summed E-state index contributed by atoms with van der Waals surface area (Å²) in [7, 11) is 0. The van der Waals surface area contributed by atoms with Gasteiger partial charge in [0.1, 0.15) is 12.3 Å². The summed E-state index contributed by atoms with van der Waals surface area (Å²) < 4.78 is 11.4. The predicted molar refractivity (Wildman–Crippen MR) is 92.4 cm³/mol. The highest BCUT2D eigenvalue weighted by molar-refractivity contribution is 5.99. The summed E-state index contributed by atoms with van der Waals surface area (Å²) in [5.74, 6) is -0.710. The predicted octanol–water partition coefficient (Wildman–Crippen LogP) is -0.0378. The highest BCUT2D eigenvalue weighted by Crippen LogP contribution is 2.32. The molecule has 0 bridgehead atoms. The summed E-state index contributed by atoms with van der Waals surface area (Å²) in [6.07, 6.45) is -5.40. The maximum Gasteiger partial charge on any atom is 0.327 e. The Morgan fingerprint density at radius 2 is 1.85 bits per heavy atom. The third-order valence-corrected chi connectivity index (χ3v) is 4.36. The first-order valence-electron chi connectivity index (χ1n) is 8.98. The second-order valence-corrected chi connectivity index (χ2v) is 8.88. The molecule has 2 rings (SSSR count). The Bertz CT molecular complexity index is 572. The topological polar surface area (TPSA) is 131 Å². The van der Waals surface area contributed by atoms with E-state index in [-0.39, 0.29) is 6.42 Å². The molecule has 3 amide bonds. The minimum absolute atomic E-state index is 0.00353. The standard InChI is InChI=1S/C17H30N3O7/c1-16(2,3)20(25)14-12(27-17(4,5)6)13(23)18-15(24)19(14)11-7-9(22)10(8-21)26-11/h9-12,14,21-22H,7-8H2,1-6H3,(H,18,23,24)/t9-,10+,11?,12?,14?/m0/s1. The van der Waals surface area contributed by atoms with Crippen LogP contribution in [-0.2, 0) is 19.5 Å². The molecule has 0 aromatic carbocycles. The van der Waals surface area contributed by atoms with E-state index in [0.29, 0.717) is 5.06 Å². The fraction of sp³-hybridized carbons (Fsp3) is 0.882. The fourth-order valence-electron chi connectivity index (χ4n) is 3.12. The maximum atomic E-state index is 13.1. The molecule has 2 heterocycles. The van der Waals surface area contributed by atoms with Gasteiger partial charge in [-0.2, -0.15) is 0 Å². The largest absolute Gasteiger partial charge is 0.394 e. The van der Waals surface area contributed by atoms with Crippen LogP contribution in [-0.4, -0.2) is 80.6 Å². The Kier molecular flexibility index (Phi) is 6.20. The van der Waals surface area contributed by atoms with Gasteiger partial charge in [0.25, 0.3) is 5.91 Å². The highest BCUT2D eigenvalue weighted by Gasteiger charge is 2.54. The number of hydroxylamine groups is 2. The number of aliphatic hydroxyl groups excluding tert-OH is 2. The average Bonchev–Trinajstić information content (AvgIpc) is 2.87. The molecule has 2 fully saturated rings. The van der Waals surface area contributed by atoms with Gasteiger partial charge in [0.05, 0.1) is 18.3 Å². The lowest BCUT2D eigenvalue weighted by Crippen LogP contribution is -2.72. The average molecular weight is 388 g/mol. The van der Waals surface area contributed by atoms with E-state index in [1.54, 1.807) is 41.5 Å². The molecule has 3 N–H and O–H groups in total. The van der Waals surface area contributed by atoms with Crippen molar-refractivity contribution in [3.05, 3.63) is 0 Å². The number of hydrogen-bond donors (Lipinski definition) is 3. The van der Waals surface area contributed by atoms with Crippen LogP contribution in [0, 0.1) is 0 Å². The lowest BCUT2D eigenvalue weighted by atomic mass is 10.0. The van der Waals surface area contributed by atoms with Crippen LogP contribution in [0.5, 0.6) is 0 Å². The Morgan fingerprint density at radius 3 is 2.30 bits per heavy atom. The number of imide groups is 1. The molecule has 155 valence electrons. The summed E-state index contributed by atoms with van der Waals surface area (Å²) in [5, 5.41) is 35.3. The number of ether oxygens (including phenoxy) is 2. The van der Waals surface area contributed by atoms with Crippen molar-refractivity contribution in [1.29, 1.82) is 0 Å². The van der Waals surface area contributed by atoms with E-state index in [4.69, 9.17) is 9.47 Å². The van der Waals surface area contributed by atoms with Gasteiger partial charge in [-0.1, -0.05) is 0 Å². The van der Waals surface area contributed by atoms with Gasteiger partial charge in [-0.15, -0.1) is 10.3 Å². The van der Waals surface area contributed by atoms with E-state index in [1.807, 2.05) is 0 Å². The van der Waals surface area contributed by atoms with Gasteiger partial charge in [0, 0.05) is 12.0 Å². The summed E-state index contributed by atoms with van der Waals surface area (Å²) in [4.78, 5) is 26.2. The molecular weight excluding hydrogens is 358 g/mol. The van der Waals surface area contributed by atoms with Crippen LogP contribution in [0.4, 0.5) is 4.79 Å². The lowest BCUT2D eigenvalue weighted by Gasteiger charge is -2.48. The molecule has 0 spiro atoms. The quantitative estimate of drug-likeness (QED) is 0.576. The molecule has 0 aliphatic carbocycles. The number of hydrogen-bond acceptors (Lipinski definition) is 7. The van der Waals surface area contributed by atoms with E-state index in [9.17, 15) is 25.0 Å². The molecule has 1 radical (unpaired) electrons. The molecule has 2 aliphatic rings. The number of carbonyl (C=O) groups is 2. The first-order chi connectivity index (χ1) is 12.3. The van der Waals surface area contributed by atoms with E-state index in [1.165, 1.54) is 0 Å². The number of nitrogens with one attached hydrogen (secondary N) is 1. The second-order valence-electron chi connectivity index (χ2n) is 8.88. The van der Waals surface area contributed by atoms with Crippen LogP contribution < -0.4 is 5.32 Å². The Balaban J connectivity index is 2.44. The minimum Gasteiger partial charge on any atom is -0.394 e. The third kappa shape index (κ3) is 4.76. The van der Waals surface area contributed by atoms with Crippen molar-refractivity contribution < 1.29 is 34.5 Å². The van der Waals surface area contributed by atoms with Gasteiger partial charge >= 0.3 is 6.03 Å². The van der Waals surface area contributed by atoms with E-state index >= 15 is 0 Å². The number of amides is 3. The number of aliphatic hydroxyl groups is 2. The van der Waals surface area contributed by atoms with Crippen molar-refractivity contribution in [3.8, 4) is 0 Å². The molecule has 2 saturated heterocycles. The molecule has 2 aliphatic heterocycles. The fourth-order valence-corrected chi connectivity index (χ4v) is 3.12. The molecule has 0 saturated carbocycles. The molecule has 10 nitrogen and oxygen atoms in total. The number of nitrogens with zero attached hydrogens (tertiary/aromatic N) is 2. The minimum atomic E-state index is -1.29. The summed E-state index contributed by atoms with van der Waals surface area (Å²) in [6.45, 7) is 9.75. The molecule has 10 heteroatoms. The third-order valence-electron chi connectivity index (χ3n) is 4.36. The smallest absolute Gasteiger partial charge is 0.327 e. The van der Waals surface area contributed by atoms with Gasteiger partial charge in [0.2, 0.25) is 0 Å². The van der Waals surface area contributed by atoms with Crippen LogP contribution in [0.2, 0.25) is 0 Å². The Morgan fingerprint density at radius 1 is 1.26 bits per heavy atom. The Hall–Kier alpha value is -1.30. The number of rotatable bonds is 4. The van der Waals surface area contributed by atoms with E-state index in [0.717, 1.165) is 4.90 Å². The van der Waals surface area contributed by atoms with Crippen molar-refractivity contribution in [2.24, 2.45) is 0 Å². The lowest BCUT2D eigenvalue weighted by molar-refractivity contribution is -0.302. The normalized spacial score (nSPS) is 33.0. The van der Waals surface area contributed by atoms with Gasteiger partial charge in [-0.05, 0) is 41.5 Å². The number of carbonyl (C=O) groups excluding carboxylic acids is 2. The highest BCUT2D eigenvalue weighted by atomic mass is 16.6. The van der Waals surface area contributed by atoms with Gasteiger partial charge in [-0.3, -0.25) is 15.0 Å². The van der Waals surface area contributed by atoms with Crippen LogP contribution >= 0.6 is 0 Å². The summed E-state index contributed by atoms with van der Waals surface area (Å²) in [6, 6.07) is -0.806. The molecule has 3 unspecified atom stereocenters. The van der Waals surface area contributed by atoms with Crippen LogP contribution in [0.15, 0.2) is 0 Å². The van der Waals surface area contributed by atoms with Crippen molar-refractivity contribution in [3.63, 3.8) is 0 Å². The summed E-state index contributed by atoms with van der Waals surface area (Å²) >= 11 is 0. The zero-order valence-corrected chi connectivity index (χ0v) is 16.6. The van der Waals surface area contributed by atoms with Crippen LogP contribution in [0.1, 0.15) is 48.0 Å². The second kappa shape index (κ2) is 7.61. The van der Waals surface area contributed by atoms with Gasteiger partial charge < -0.3 is 19.7 Å². The zero-order valence-electron chi connectivity index (χ0n) is 16.6. The zero-order chi connectivity index (χ0) is 20.7. The van der Waals surface area contributed by atoms with Gasteiger partial charge in [0.15, 0.2) is 12.3 Å². The van der Waals surface area contributed by atoms with E-state index < -0.39 is 60.4 Å². The molecule has 0 aromatic heterocycles. The maximum absolute atomic E-state index is 13.1. The van der Waals surface area contributed by atoms with Crippen LogP contribution in [0.3, 0.4) is 0 Å². The Labute approximate surface area is 159 Å². The van der Waals surface area contributed by atoms with E-state index in [2.05, 4.69) is 5.32 Å². The van der Waals surface area contributed by atoms with Gasteiger partial charge in [-0.25, -0.2) is 4.79 Å². The first kappa shape index (κ1) is 22.0. The monoisotopic (exact) mass is 388 g/mol.